The van der Waals surface area contributed by atoms with E-state index in [1.54, 1.807) is 6.92 Å². The van der Waals surface area contributed by atoms with Crippen LogP contribution in [0.5, 0.6) is 0 Å². The average Bonchev–Trinajstić information content (AvgIpc) is 2.47. The molecule has 0 bridgehead atoms. The first-order chi connectivity index (χ1) is 9.96. The van der Waals surface area contributed by atoms with Crippen LogP contribution in [0.1, 0.15) is 39.2 Å². The smallest absolute Gasteiger partial charge is 0.243 e. The van der Waals surface area contributed by atoms with Crippen LogP contribution in [-0.2, 0) is 9.59 Å². The van der Waals surface area contributed by atoms with Crippen LogP contribution < -0.4 is 10.6 Å². The molecule has 1 rings (SSSR count). The highest BCUT2D eigenvalue weighted by Crippen LogP contribution is 2.28. The standard InChI is InChI=1S/C16H24N2O2S/c1-5-12(4)21-13-7-8-14(11(3)9-13)18-16(20)10-17-15(19)6-2/h7-9,12H,5-6,10H2,1-4H3,(H,17,19)(H,18,20)/t12-/m1/s1. The number of amides is 2. The second-order valence-corrected chi connectivity index (χ2v) is 6.50. The number of carbonyl (C=O) groups excluding carboxylic acids is 2. The first-order valence-corrected chi connectivity index (χ1v) is 8.18. The minimum Gasteiger partial charge on any atom is -0.347 e. The van der Waals surface area contributed by atoms with Gasteiger partial charge in [0, 0.05) is 22.3 Å². The molecule has 0 spiro atoms. The van der Waals surface area contributed by atoms with Crippen LogP contribution in [0.25, 0.3) is 0 Å². The van der Waals surface area contributed by atoms with Gasteiger partial charge in [-0.3, -0.25) is 9.59 Å². The third-order valence-electron chi connectivity index (χ3n) is 3.15. The van der Waals surface area contributed by atoms with E-state index in [1.165, 1.54) is 4.90 Å². The summed E-state index contributed by atoms with van der Waals surface area (Å²) in [6, 6.07) is 6.01. The molecule has 0 unspecified atom stereocenters. The van der Waals surface area contributed by atoms with Crippen LogP contribution in [0, 0.1) is 6.92 Å². The van der Waals surface area contributed by atoms with Crippen molar-refractivity contribution >= 4 is 29.3 Å². The highest BCUT2D eigenvalue weighted by Gasteiger charge is 2.08. The molecule has 0 saturated carbocycles. The predicted molar refractivity (Wildman–Crippen MR) is 88.7 cm³/mol. The Balaban J connectivity index is 2.60. The van der Waals surface area contributed by atoms with Gasteiger partial charge in [-0.2, -0.15) is 0 Å². The average molecular weight is 308 g/mol. The van der Waals surface area contributed by atoms with Gasteiger partial charge >= 0.3 is 0 Å². The lowest BCUT2D eigenvalue weighted by atomic mass is 10.2. The van der Waals surface area contributed by atoms with Crippen molar-refractivity contribution in [1.29, 1.82) is 0 Å². The van der Waals surface area contributed by atoms with Gasteiger partial charge in [0.25, 0.3) is 0 Å². The Bertz CT molecular complexity index is 503. The van der Waals surface area contributed by atoms with Crippen LogP contribution in [0.3, 0.4) is 0 Å². The maximum Gasteiger partial charge on any atom is 0.243 e. The third-order valence-corrected chi connectivity index (χ3v) is 4.41. The van der Waals surface area contributed by atoms with Crippen molar-refractivity contribution in [2.75, 3.05) is 11.9 Å². The molecule has 116 valence electrons. The first-order valence-electron chi connectivity index (χ1n) is 7.30. The summed E-state index contributed by atoms with van der Waals surface area (Å²) >= 11 is 1.83. The number of thioether (sulfide) groups is 1. The van der Waals surface area contributed by atoms with Crippen molar-refractivity contribution in [2.45, 2.75) is 50.7 Å². The van der Waals surface area contributed by atoms with E-state index in [2.05, 4.69) is 30.5 Å². The van der Waals surface area contributed by atoms with Crippen LogP contribution in [0.15, 0.2) is 23.1 Å². The fourth-order valence-electron chi connectivity index (χ4n) is 1.66. The summed E-state index contributed by atoms with van der Waals surface area (Å²) in [4.78, 5) is 24.1. The van der Waals surface area contributed by atoms with Gasteiger partial charge in [0.15, 0.2) is 0 Å². The topological polar surface area (TPSA) is 58.2 Å². The summed E-state index contributed by atoms with van der Waals surface area (Å²) in [5.41, 5.74) is 1.82. The molecule has 0 radical (unpaired) electrons. The molecule has 0 aliphatic rings. The highest BCUT2D eigenvalue weighted by molar-refractivity contribution is 7.99. The van der Waals surface area contributed by atoms with Gasteiger partial charge in [-0.25, -0.2) is 0 Å². The van der Waals surface area contributed by atoms with Gasteiger partial charge in [0.05, 0.1) is 6.54 Å². The Hall–Kier alpha value is -1.49. The summed E-state index contributed by atoms with van der Waals surface area (Å²) in [5, 5.41) is 5.96. The number of anilines is 1. The van der Waals surface area contributed by atoms with Crippen molar-refractivity contribution in [2.24, 2.45) is 0 Å². The Morgan fingerprint density at radius 2 is 1.95 bits per heavy atom. The Morgan fingerprint density at radius 3 is 2.52 bits per heavy atom. The SMILES string of the molecule is CCC(=O)NCC(=O)Nc1ccc(S[C@H](C)CC)cc1C. The zero-order valence-electron chi connectivity index (χ0n) is 13.2. The van der Waals surface area contributed by atoms with Crippen molar-refractivity contribution in [3.05, 3.63) is 23.8 Å². The van der Waals surface area contributed by atoms with Crippen LogP contribution in [-0.4, -0.2) is 23.6 Å². The Labute approximate surface area is 131 Å². The number of benzene rings is 1. The molecule has 1 aromatic carbocycles. The normalized spacial score (nSPS) is 11.8. The molecular weight excluding hydrogens is 284 g/mol. The molecule has 1 aromatic rings. The van der Waals surface area contributed by atoms with E-state index in [0.29, 0.717) is 11.7 Å². The maximum atomic E-state index is 11.8. The molecule has 0 aliphatic heterocycles. The van der Waals surface area contributed by atoms with E-state index >= 15 is 0 Å². The monoisotopic (exact) mass is 308 g/mol. The van der Waals surface area contributed by atoms with Gasteiger partial charge in [0.1, 0.15) is 0 Å². The predicted octanol–water partition coefficient (Wildman–Crippen LogP) is 3.35. The molecule has 0 aliphatic carbocycles. The summed E-state index contributed by atoms with van der Waals surface area (Å²) in [6.07, 6.45) is 1.51. The number of aryl methyl sites for hydroxylation is 1. The minimum atomic E-state index is -0.206. The lowest BCUT2D eigenvalue weighted by Gasteiger charge is -2.12. The number of hydrogen-bond donors (Lipinski definition) is 2. The van der Waals surface area contributed by atoms with E-state index in [1.807, 2.05) is 30.8 Å². The van der Waals surface area contributed by atoms with Crippen molar-refractivity contribution in [3.8, 4) is 0 Å². The highest BCUT2D eigenvalue weighted by atomic mass is 32.2. The molecule has 0 saturated heterocycles. The largest absolute Gasteiger partial charge is 0.347 e. The first kappa shape index (κ1) is 17.6. The molecule has 1 atom stereocenters. The minimum absolute atomic E-state index is 0.00941. The van der Waals surface area contributed by atoms with E-state index in [4.69, 9.17) is 0 Å². The van der Waals surface area contributed by atoms with E-state index in [0.717, 1.165) is 17.7 Å². The molecule has 2 amide bonds. The third kappa shape index (κ3) is 6.21. The Kier molecular flexibility index (Phi) is 7.29. The number of hydrogen-bond acceptors (Lipinski definition) is 3. The molecule has 4 nitrogen and oxygen atoms in total. The fraction of sp³-hybridized carbons (Fsp3) is 0.500. The molecule has 0 fully saturated rings. The second kappa shape index (κ2) is 8.72. The van der Waals surface area contributed by atoms with Gasteiger partial charge in [-0.1, -0.05) is 20.8 Å². The summed E-state index contributed by atoms with van der Waals surface area (Å²) in [6.45, 7) is 8.11. The summed E-state index contributed by atoms with van der Waals surface area (Å²) in [7, 11) is 0. The van der Waals surface area contributed by atoms with E-state index < -0.39 is 0 Å². The quantitative estimate of drug-likeness (QED) is 0.759. The van der Waals surface area contributed by atoms with E-state index in [-0.39, 0.29) is 18.4 Å². The summed E-state index contributed by atoms with van der Waals surface area (Å²) in [5.74, 6) is -0.329. The lowest BCUT2D eigenvalue weighted by Crippen LogP contribution is -2.32. The molecule has 21 heavy (non-hydrogen) atoms. The maximum absolute atomic E-state index is 11.8. The van der Waals surface area contributed by atoms with Crippen LogP contribution >= 0.6 is 11.8 Å². The van der Waals surface area contributed by atoms with Gasteiger partial charge < -0.3 is 10.6 Å². The summed E-state index contributed by atoms with van der Waals surface area (Å²) < 4.78 is 0. The molecule has 5 heteroatoms. The van der Waals surface area contributed by atoms with Crippen LogP contribution in [0.4, 0.5) is 5.69 Å². The van der Waals surface area contributed by atoms with E-state index in [9.17, 15) is 9.59 Å². The van der Waals surface area contributed by atoms with Gasteiger partial charge in [-0.05, 0) is 37.1 Å². The van der Waals surface area contributed by atoms with Gasteiger partial charge in [-0.15, -0.1) is 11.8 Å². The van der Waals surface area contributed by atoms with Gasteiger partial charge in [0.2, 0.25) is 11.8 Å². The number of nitrogens with one attached hydrogen (secondary N) is 2. The molecular formula is C16H24N2O2S. The Morgan fingerprint density at radius 1 is 1.24 bits per heavy atom. The molecule has 2 N–H and O–H groups in total. The van der Waals surface area contributed by atoms with Crippen LogP contribution in [0.2, 0.25) is 0 Å². The zero-order chi connectivity index (χ0) is 15.8. The zero-order valence-corrected chi connectivity index (χ0v) is 14.0. The van der Waals surface area contributed by atoms with Crippen molar-refractivity contribution in [1.82, 2.24) is 5.32 Å². The number of rotatable bonds is 7. The number of carbonyl (C=O) groups is 2. The molecule has 0 heterocycles. The molecule has 0 aromatic heterocycles. The second-order valence-electron chi connectivity index (χ2n) is 4.99. The van der Waals surface area contributed by atoms with Crippen molar-refractivity contribution < 1.29 is 9.59 Å². The lowest BCUT2D eigenvalue weighted by molar-refractivity contribution is -0.123. The fourth-order valence-corrected chi connectivity index (χ4v) is 2.69. The van der Waals surface area contributed by atoms with Crippen molar-refractivity contribution in [3.63, 3.8) is 0 Å².